The Morgan fingerprint density at radius 1 is 1.39 bits per heavy atom. The molecule has 0 aromatic carbocycles. The van der Waals surface area contributed by atoms with Crippen molar-refractivity contribution in [2.75, 3.05) is 13.2 Å². The molecule has 106 valence electrons. The van der Waals surface area contributed by atoms with E-state index in [2.05, 4.69) is 5.32 Å². The van der Waals surface area contributed by atoms with Gasteiger partial charge in [-0.15, -0.1) is 0 Å². The third-order valence-corrected chi connectivity index (χ3v) is 3.10. The summed E-state index contributed by atoms with van der Waals surface area (Å²) in [6.07, 6.45) is -2.98. The first-order valence-electron chi connectivity index (χ1n) is 6.08. The molecule has 18 heavy (non-hydrogen) atoms. The Bertz CT molecular complexity index is 274. The number of aliphatic hydroxyl groups excluding tert-OH is 4. The van der Waals surface area contributed by atoms with Crippen molar-refractivity contribution in [1.29, 1.82) is 0 Å². The number of aliphatic hydroxyl groups is 4. The third kappa shape index (κ3) is 3.63. The van der Waals surface area contributed by atoms with Crippen LogP contribution in [0.4, 0.5) is 0 Å². The van der Waals surface area contributed by atoms with Gasteiger partial charge in [-0.25, -0.2) is 0 Å². The Kier molecular flexibility index (Phi) is 5.97. The highest BCUT2D eigenvalue weighted by Gasteiger charge is 2.43. The van der Waals surface area contributed by atoms with Gasteiger partial charge in [0.2, 0.25) is 0 Å². The predicted octanol–water partition coefficient (Wildman–Crippen LogP) is -2.25. The monoisotopic (exact) mass is 263 g/mol. The van der Waals surface area contributed by atoms with Crippen molar-refractivity contribution in [3.05, 3.63) is 0 Å². The normalized spacial score (nSPS) is 33.4. The van der Waals surface area contributed by atoms with Crippen LogP contribution in [0.5, 0.6) is 0 Å². The minimum Gasteiger partial charge on any atom is -0.466 e. The molecule has 1 aliphatic rings. The van der Waals surface area contributed by atoms with Gasteiger partial charge in [-0.05, 0) is 13.3 Å². The molecule has 1 aliphatic heterocycles. The summed E-state index contributed by atoms with van der Waals surface area (Å²) in [4.78, 5) is 11.2. The van der Waals surface area contributed by atoms with Gasteiger partial charge in [0.05, 0.1) is 37.6 Å². The van der Waals surface area contributed by atoms with Crippen LogP contribution in [0.2, 0.25) is 0 Å². The van der Waals surface area contributed by atoms with E-state index in [0.29, 0.717) is 13.0 Å². The summed E-state index contributed by atoms with van der Waals surface area (Å²) in [7, 11) is 0. The molecule has 0 bridgehead atoms. The quantitative estimate of drug-likeness (QED) is 0.343. The zero-order valence-corrected chi connectivity index (χ0v) is 10.3. The van der Waals surface area contributed by atoms with Gasteiger partial charge < -0.3 is 30.5 Å². The molecule has 0 saturated carbocycles. The molecule has 0 unspecified atom stereocenters. The predicted molar refractivity (Wildman–Crippen MR) is 61.7 cm³/mol. The second kappa shape index (κ2) is 7.01. The summed E-state index contributed by atoms with van der Waals surface area (Å²) in [5.74, 6) is -0.368. The van der Waals surface area contributed by atoms with Crippen molar-refractivity contribution in [3.8, 4) is 0 Å². The van der Waals surface area contributed by atoms with E-state index in [9.17, 15) is 20.1 Å². The minimum atomic E-state index is -1.17. The first-order valence-corrected chi connectivity index (χ1v) is 6.08. The molecule has 0 radical (unpaired) electrons. The van der Waals surface area contributed by atoms with Gasteiger partial charge in [-0.3, -0.25) is 4.79 Å². The number of rotatable bonds is 6. The van der Waals surface area contributed by atoms with Crippen LogP contribution in [0.1, 0.15) is 19.8 Å². The van der Waals surface area contributed by atoms with E-state index in [1.165, 1.54) is 0 Å². The molecule has 1 fully saturated rings. The molecular weight excluding hydrogens is 242 g/mol. The first kappa shape index (κ1) is 15.3. The zero-order valence-electron chi connectivity index (χ0n) is 10.3. The zero-order chi connectivity index (χ0) is 13.7. The number of ether oxygens (including phenoxy) is 1. The second-order valence-corrected chi connectivity index (χ2v) is 4.37. The van der Waals surface area contributed by atoms with Crippen LogP contribution in [-0.4, -0.2) is 70.0 Å². The van der Waals surface area contributed by atoms with E-state index in [0.717, 1.165) is 0 Å². The molecule has 5 N–H and O–H groups in total. The number of carbonyl (C=O) groups is 1. The fourth-order valence-corrected chi connectivity index (χ4v) is 2.11. The van der Waals surface area contributed by atoms with Crippen LogP contribution < -0.4 is 5.32 Å². The lowest BCUT2D eigenvalue weighted by molar-refractivity contribution is -0.143. The van der Waals surface area contributed by atoms with Gasteiger partial charge in [-0.2, -0.15) is 0 Å². The number of nitrogens with one attached hydrogen (secondary N) is 1. The molecule has 1 saturated heterocycles. The van der Waals surface area contributed by atoms with Crippen molar-refractivity contribution in [2.24, 2.45) is 0 Å². The molecule has 0 aromatic rings. The van der Waals surface area contributed by atoms with Crippen molar-refractivity contribution >= 4 is 5.97 Å². The van der Waals surface area contributed by atoms with Gasteiger partial charge in [0, 0.05) is 12.5 Å². The number of esters is 1. The van der Waals surface area contributed by atoms with Crippen LogP contribution >= 0.6 is 0 Å². The number of hydrogen-bond acceptors (Lipinski definition) is 7. The Balaban J connectivity index is 2.46. The van der Waals surface area contributed by atoms with Crippen molar-refractivity contribution in [1.82, 2.24) is 5.32 Å². The highest BCUT2D eigenvalue weighted by atomic mass is 16.5. The molecule has 7 nitrogen and oxygen atoms in total. The molecule has 0 aliphatic carbocycles. The molecule has 0 amide bonds. The van der Waals surface area contributed by atoms with Crippen molar-refractivity contribution < 1.29 is 30.0 Å². The van der Waals surface area contributed by atoms with Crippen LogP contribution in [0.15, 0.2) is 0 Å². The van der Waals surface area contributed by atoms with Crippen molar-refractivity contribution in [3.63, 3.8) is 0 Å². The van der Waals surface area contributed by atoms with Gasteiger partial charge in [0.15, 0.2) is 0 Å². The van der Waals surface area contributed by atoms with E-state index in [4.69, 9.17) is 9.84 Å². The maximum Gasteiger partial charge on any atom is 0.305 e. The average Bonchev–Trinajstić information content (AvgIpc) is 2.63. The summed E-state index contributed by atoms with van der Waals surface area (Å²) >= 11 is 0. The van der Waals surface area contributed by atoms with Crippen molar-refractivity contribution in [2.45, 2.75) is 50.2 Å². The Hall–Kier alpha value is -0.730. The van der Waals surface area contributed by atoms with E-state index in [1.54, 1.807) is 6.92 Å². The molecular formula is C11H21NO6. The molecule has 5 atom stereocenters. The summed E-state index contributed by atoms with van der Waals surface area (Å²) < 4.78 is 4.76. The molecule has 7 heteroatoms. The summed E-state index contributed by atoms with van der Waals surface area (Å²) in [6, 6.07) is -1.30. The molecule has 1 heterocycles. The van der Waals surface area contributed by atoms with E-state index >= 15 is 0 Å². The Labute approximate surface area is 105 Å². The number of carbonyl (C=O) groups excluding carboxylic acids is 1. The van der Waals surface area contributed by atoms with Gasteiger partial charge >= 0.3 is 5.97 Å². The Morgan fingerprint density at radius 3 is 2.61 bits per heavy atom. The lowest BCUT2D eigenvalue weighted by Crippen LogP contribution is -2.45. The molecule has 0 spiro atoms. The lowest BCUT2D eigenvalue weighted by Gasteiger charge is -2.19. The Morgan fingerprint density at radius 2 is 2.06 bits per heavy atom. The van der Waals surface area contributed by atoms with Crippen LogP contribution in [0.3, 0.4) is 0 Å². The molecule has 0 aromatic heterocycles. The lowest BCUT2D eigenvalue weighted by atomic mass is 10.0. The van der Waals surface area contributed by atoms with E-state index in [-0.39, 0.29) is 12.4 Å². The minimum absolute atomic E-state index is 0.122. The standard InChI is InChI=1S/C11H21NO6/c1-2-18-8(15)4-3-6-10(16)11(17)9(12-6)7(14)5-13/h6-7,9-14,16-17H,2-5H2,1H3/t6-,7+,9-,10-,11-/m0/s1. The van der Waals surface area contributed by atoms with Gasteiger partial charge in [-0.1, -0.05) is 0 Å². The third-order valence-electron chi connectivity index (χ3n) is 3.10. The SMILES string of the molecule is CCOC(=O)CC[C@@H]1N[C@@H]([C@H](O)CO)[C@H](O)[C@H]1O. The molecule has 1 rings (SSSR count). The van der Waals surface area contributed by atoms with Gasteiger partial charge in [0.1, 0.15) is 0 Å². The van der Waals surface area contributed by atoms with Crippen LogP contribution in [0.25, 0.3) is 0 Å². The summed E-state index contributed by atoms with van der Waals surface area (Å²) in [5.41, 5.74) is 0. The smallest absolute Gasteiger partial charge is 0.305 e. The van der Waals surface area contributed by atoms with E-state index < -0.39 is 37.0 Å². The van der Waals surface area contributed by atoms with Crippen LogP contribution in [0, 0.1) is 0 Å². The number of hydrogen-bond donors (Lipinski definition) is 5. The largest absolute Gasteiger partial charge is 0.466 e. The van der Waals surface area contributed by atoms with E-state index in [1.807, 2.05) is 0 Å². The maximum atomic E-state index is 11.2. The topological polar surface area (TPSA) is 119 Å². The highest BCUT2D eigenvalue weighted by Crippen LogP contribution is 2.20. The highest BCUT2D eigenvalue weighted by molar-refractivity contribution is 5.69. The first-order chi connectivity index (χ1) is 8.51. The van der Waals surface area contributed by atoms with Gasteiger partial charge in [0.25, 0.3) is 0 Å². The van der Waals surface area contributed by atoms with Crippen LogP contribution in [-0.2, 0) is 9.53 Å². The maximum absolute atomic E-state index is 11.2. The fourth-order valence-electron chi connectivity index (χ4n) is 2.11. The fraction of sp³-hybridized carbons (Fsp3) is 0.909. The second-order valence-electron chi connectivity index (χ2n) is 4.37. The summed E-state index contributed by atoms with van der Waals surface area (Å²) in [5, 5.41) is 40.5. The summed E-state index contributed by atoms with van der Waals surface area (Å²) in [6.45, 7) is 1.50. The average molecular weight is 263 g/mol.